The van der Waals surface area contributed by atoms with E-state index in [-0.39, 0.29) is 28.6 Å². The predicted octanol–water partition coefficient (Wildman–Crippen LogP) is 6.42. The first-order valence-corrected chi connectivity index (χ1v) is 14.5. The third-order valence-electron chi connectivity index (χ3n) is 6.96. The van der Waals surface area contributed by atoms with E-state index in [9.17, 15) is 14.9 Å². The highest BCUT2D eigenvalue weighted by atomic mass is 35.5. The normalized spacial score (nSPS) is 18.7. The zero-order valence-corrected chi connectivity index (χ0v) is 24.1. The van der Waals surface area contributed by atoms with Crippen molar-refractivity contribution in [3.63, 3.8) is 0 Å². The minimum atomic E-state index is -0.537. The summed E-state index contributed by atoms with van der Waals surface area (Å²) in [5.41, 5.74) is 10.5. The van der Waals surface area contributed by atoms with Crippen LogP contribution in [0.4, 0.5) is 5.13 Å². The molecule has 1 unspecified atom stereocenters. The number of allylic oxidation sites excluding steroid dienone is 3. The molecule has 5 rings (SSSR count). The lowest BCUT2D eigenvalue weighted by molar-refractivity contribution is -0.118. The van der Waals surface area contributed by atoms with Gasteiger partial charge in [0.15, 0.2) is 15.9 Å². The average Bonchev–Trinajstić information content (AvgIpc) is 3.35. The lowest BCUT2D eigenvalue weighted by Crippen LogP contribution is -2.42. The van der Waals surface area contributed by atoms with Gasteiger partial charge in [-0.15, -0.1) is 10.2 Å². The fourth-order valence-corrected chi connectivity index (χ4v) is 7.05. The second kappa shape index (κ2) is 10.6. The number of nitriles is 1. The number of aryl methyl sites for hydroxylation is 1. The number of carbonyl (C=O) groups excluding carboxylic acids is 2. The van der Waals surface area contributed by atoms with E-state index in [0.29, 0.717) is 44.0 Å². The van der Waals surface area contributed by atoms with Gasteiger partial charge in [-0.3, -0.25) is 14.5 Å². The molecule has 0 spiro atoms. The number of ketones is 2. The Bertz CT molecular complexity index is 1580. The van der Waals surface area contributed by atoms with E-state index in [1.807, 2.05) is 31.2 Å². The molecule has 3 aromatic rings. The highest BCUT2D eigenvalue weighted by molar-refractivity contribution is 8.01. The van der Waals surface area contributed by atoms with Crippen LogP contribution >= 0.6 is 34.7 Å². The molecule has 2 N–H and O–H groups in total. The van der Waals surface area contributed by atoms with Crippen molar-refractivity contribution in [2.75, 3.05) is 10.7 Å². The molecule has 0 radical (unpaired) electrons. The maximum atomic E-state index is 13.7. The van der Waals surface area contributed by atoms with E-state index in [0.717, 1.165) is 16.8 Å². The van der Waals surface area contributed by atoms with Crippen LogP contribution in [0.2, 0.25) is 5.02 Å². The highest BCUT2D eigenvalue weighted by Crippen LogP contribution is 2.51. The van der Waals surface area contributed by atoms with Crippen molar-refractivity contribution in [2.45, 2.75) is 43.9 Å². The summed E-state index contributed by atoms with van der Waals surface area (Å²) in [6.07, 6.45) is 0.970. The van der Waals surface area contributed by atoms with E-state index >= 15 is 0 Å². The topological polar surface area (TPSA) is 113 Å². The van der Waals surface area contributed by atoms with Crippen molar-refractivity contribution in [2.24, 2.45) is 11.1 Å². The monoisotopic (exact) mass is 575 g/mol. The van der Waals surface area contributed by atoms with Crippen LogP contribution in [0.3, 0.4) is 0 Å². The Morgan fingerprint density at radius 2 is 1.92 bits per heavy atom. The van der Waals surface area contributed by atoms with Gasteiger partial charge in [0.2, 0.25) is 5.13 Å². The molecule has 0 bridgehead atoms. The Morgan fingerprint density at radius 3 is 2.62 bits per heavy atom. The van der Waals surface area contributed by atoms with Gasteiger partial charge in [0.05, 0.1) is 23.3 Å². The molecule has 0 amide bonds. The number of rotatable bonds is 6. The second-order valence-corrected chi connectivity index (χ2v) is 13.0. The summed E-state index contributed by atoms with van der Waals surface area (Å²) < 4.78 is 0.586. The quantitative estimate of drug-likeness (QED) is 0.265. The fourth-order valence-electron chi connectivity index (χ4n) is 5.15. The van der Waals surface area contributed by atoms with Gasteiger partial charge in [-0.2, -0.15) is 5.26 Å². The van der Waals surface area contributed by atoms with E-state index in [1.54, 1.807) is 29.2 Å². The number of anilines is 1. The first-order valence-electron chi connectivity index (χ1n) is 12.4. The van der Waals surface area contributed by atoms with Crippen molar-refractivity contribution in [1.29, 1.82) is 5.26 Å². The lowest BCUT2D eigenvalue weighted by atomic mass is 9.68. The summed E-state index contributed by atoms with van der Waals surface area (Å²) in [5, 5.41) is 20.0. The number of carbonyl (C=O) groups is 2. The third kappa shape index (κ3) is 5.24. The van der Waals surface area contributed by atoms with E-state index in [4.69, 9.17) is 17.3 Å². The smallest absolute Gasteiger partial charge is 0.219 e. The molecule has 39 heavy (non-hydrogen) atoms. The standard InChI is InChI=1S/C29H26ClN5O2S2/c1-16-6-4-5-7-19(16)24-20(14-31)26(32)35(21-12-29(2,3)13-22(36)25(21)24)27-33-34-28(39-27)38-15-23(37)17-8-10-18(30)11-9-17/h4-11,24H,12-13,15,32H2,1-3H3. The Hall–Kier alpha value is -3.45. The SMILES string of the molecule is Cc1ccccc1C1C(C#N)=C(N)N(c2nnc(SCC(=O)c3ccc(Cl)cc3)s2)C2=C1C(=O)CC(C)(C)C2. The van der Waals surface area contributed by atoms with Crippen LogP contribution in [0.5, 0.6) is 0 Å². The fraction of sp³-hybridized carbons (Fsp3) is 0.276. The van der Waals surface area contributed by atoms with Gasteiger partial charge in [-0.05, 0) is 54.2 Å². The van der Waals surface area contributed by atoms with Crippen molar-refractivity contribution in [3.05, 3.63) is 92.9 Å². The Morgan fingerprint density at radius 1 is 1.21 bits per heavy atom. The molecule has 0 saturated carbocycles. The molecule has 2 aromatic carbocycles. The van der Waals surface area contributed by atoms with Crippen LogP contribution in [0, 0.1) is 23.7 Å². The first-order chi connectivity index (χ1) is 18.6. The molecule has 2 aliphatic rings. The van der Waals surface area contributed by atoms with Crippen LogP contribution in [-0.4, -0.2) is 27.5 Å². The summed E-state index contributed by atoms with van der Waals surface area (Å²) in [6, 6.07) is 16.8. The second-order valence-electron chi connectivity index (χ2n) is 10.4. The minimum Gasteiger partial charge on any atom is -0.384 e. The number of benzene rings is 2. The number of Topliss-reactive ketones (excluding diaryl/α,β-unsaturated/α-hetero) is 2. The van der Waals surface area contributed by atoms with Crippen LogP contribution in [-0.2, 0) is 4.79 Å². The molecule has 0 saturated heterocycles. The maximum Gasteiger partial charge on any atom is 0.219 e. The molecule has 1 aliphatic carbocycles. The van der Waals surface area contributed by atoms with Gasteiger partial charge in [-0.1, -0.05) is 72.8 Å². The average molecular weight is 576 g/mol. The van der Waals surface area contributed by atoms with Crippen molar-refractivity contribution in [3.8, 4) is 6.07 Å². The number of nitrogens with two attached hydrogens (primary N) is 1. The molecule has 2 heterocycles. The maximum absolute atomic E-state index is 13.7. The molecular weight excluding hydrogens is 550 g/mol. The summed E-state index contributed by atoms with van der Waals surface area (Å²) in [5.74, 6) is -0.153. The molecule has 1 aromatic heterocycles. The summed E-state index contributed by atoms with van der Waals surface area (Å²) in [4.78, 5) is 28.0. The number of nitrogens with zero attached hydrogens (tertiary/aromatic N) is 4. The number of halogens is 1. The Kier molecular flexibility index (Phi) is 7.38. The zero-order valence-electron chi connectivity index (χ0n) is 21.7. The molecular formula is C29H26ClN5O2S2. The predicted molar refractivity (Wildman–Crippen MR) is 155 cm³/mol. The molecule has 7 nitrogen and oxygen atoms in total. The van der Waals surface area contributed by atoms with Crippen molar-refractivity contribution >= 4 is 51.4 Å². The Labute approximate surface area is 240 Å². The summed E-state index contributed by atoms with van der Waals surface area (Å²) >= 11 is 8.49. The van der Waals surface area contributed by atoms with Gasteiger partial charge < -0.3 is 5.73 Å². The third-order valence-corrected chi connectivity index (χ3v) is 9.25. The molecule has 0 fully saturated rings. The van der Waals surface area contributed by atoms with E-state index in [1.165, 1.54) is 23.1 Å². The van der Waals surface area contributed by atoms with Gasteiger partial charge >= 0.3 is 0 Å². The Balaban J connectivity index is 1.52. The van der Waals surface area contributed by atoms with E-state index in [2.05, 4.69) is 30.1 Å². The number of aromatic nitrogens is 2. The largest absolute Gasteiger partial charge is 0.384 e. The molecule has 198 valence electrons. The first kappa shape index (κ1) is 27.1. The van der Waals surface area contributed by atoms with Crippen LogP contribution in [0.25, 0.3) is 0 Å². The molecule has 1 atom stereocenters. The molecule has 1 aliphatic heterocycles. The van der Waals surface area contributed by atoms with Crippen LogP contribution < -0.4 is 10.6 Å². The van der Waals surface area contributed by atoms with Gasteiger partial charge in [-0.25, -0.2) is 0 Å². The van der Waals surface area contributed by atoms with E-state index < -0.39 is 5.92 Å². The van der Waals surface area contributed by atoms with Gasteiger partial charge in [0.1, 0.15) is 5.82 Å². The number of thioether (sulfide) groups is 1. The highest BCUT2D eigenvalue weighted by Gasteiger charge is 2.45. The zero-order chi connectivity index (χ0) is 27.9. The van der Waals surface area contributed by atoms with Crippen molar-refractivity contribution < 1.29 is 9.59 Å². The van der Waals surface area contributed by atoms with Gasteiger partial charge in [0, 0.05) is 28.3 Å². The summed E-state index contributed by atoms with van der Waals surface area (Å²) in [7, 11) is 0. The summed E-state index contributed by atoms with van der Waals surface area (Å²) in [6.45, 7) is 6.09. The van der Waals surface area contributed by atoms with Crippen LogP contribution in [0.15, 0.2) is 75.5 Å². The number of hydrogen-bond donors (Lipinski definition) is 1. The van der Waals surface area contributed by atoms with Gasteiger partial charge in [0.25, 0.3) is 0 Å². The van der Waals surface area contributed by atoms with Crippen LogP contribution in [0.1, 0.15) is 54.1 Å². The molecule has 10 heteroatoms. The lowest BCUT2D eigenvalue weighted by Gasteiger charge is -2.42. The van der Waals surface area contributed by atoms with Crippen molar-refractivity contribution in [1.82, 2.24) is 10.2 Å². The number of hydrogen-bond acceptors (Lipinski definition) is 9. The minimum absolute atomic E-state index is 0.00688.